The summed E-state index contributed by atoms with van der Waals surface area (Å²) in [5, 5.41) is 0. The number of nitrogens with zero attached hydrogens (tertiary/aromatic N) is 1. The van der Waals surface area contributed by atoms with Gasteiger partial charge in [0.25, 0.3) is 5.91 Å². The minimum absolute atomic E-state index is 0.0162. The van der Waals surface area contributed by atoms with E-state index < -0.39 is 0 Å². The predicted molar refractivity (Wildman–Crippen MR) is 32.5 cm³/mol. The minimum atomic E-state index is -0.130. The second kappa shape index (κ2) is 2.19. The lowest BCUT2D eigenvalue weighted by molar-refractivity contribution is -0.125. The van der Waals surface area contributed by atoms with Crippen LogP contribution in [0.15, 0.2) is 12.8 Å². The summed E-state index contributed by atoms with van der Waals surface area (Å²) in [6, 6.07) is 0. The van der Waals surface area contributed by atoms with Crippen LogP contribution in [0.1, 0.15) is 6.92 Å². The van der Waals surface area contributed by atoms with E-state index in [1.54, 1.807) is 0 Å². The van der Waals surface area contributed by atoms with E-state index in [0.717, 1.165) is 0 Å². The van der Waals surface area contributed by atoms with E-state index in [4.69, 9.17) is 4.74 Å². The first-order chi connectivity index (χ1) is 4.25. The zero-order chi connectivity index (χ0) is 6.85. The molecule has 1 aliphatic rings. The summed E-state index contributed by atoms with van der Waals surface area (Å²) < 4.78 is 4.97. The van der Waals surface area contributed by atoms with E-state index in [0.29, 0.717) is 0 Å². The van der Waals surface area contributed by atoms with Crippen molar-refractivity contribution < 1.29 is 9.53 Å². The number of hydrogen-bond acceptors (Lipinski definition) is 2. The largest absolute Gasteiger partial charge is 0.348 e. The summed E-state index contributed by atoms with van der Waals surface area (Å²) in [4.78, 5) is 12.2. The van der Waals surface area contributed by atoms with Crippen molar-refractivity contribution in [1.29, 1.82) is 0 Å². The fourth-order valence-corrected chi connectivity index (χ4v) is 0.800. The second-order valence-corrected chi connectivity index (χ2v) is 1.89. The first-order valence-corrected chi connectivity index (χ1v) is 2.81. The highest BCUT2D eigenvalue weighted by Crippen LogP contribution is 2.09. The average Bonchev–Trinajstić information content (AvgIpc) is 2.12. The topological polar surface area (TPSA) is 29.5 Å². The summed E-state index contributed by atoms with van der Waals surface area (Å²) in [6.45, 7) is 5.47. The lowest BCUT2D eigenvalue weighted by Gasteiger charge is -2.12. The van der Waals surface area contributed by atoms with Crippen LogP contribution in [0.3, 0.4) is 0 Å². The van der Waals surface area contributed by atoms with E-state index in [1.165, 1.54) is 11.1 Å². The van der Waals surface area contributed by atoms with Gasteiger partial charge in [0.05, 0.1) is 0 Å². The van der Waals surface area contributed by atoms with Crippen molar-refractivity contribution in [2.45, 2.75) is 13.2 Å². The van der Waals surface area contributed by atoms with Crippen LogP contribution in [0.4, 0.5) is 0 Å². The van der Waals surface area contributed by atoms with E-state index in [-0.39, 0.29) is 18.7 Å². The Balaban J connectivity index is 2.65. The zero-order valence-electron chi connectivity index (χ0n) is 5.33. The number of hydrogen-bond donors (Lipinski definition) is 0. The van der Waals surface area contributed by atoms with Crippen molar-refractivity contribution in [3.8, 4) is 0 Å². The van der Waals surface area contributed by atoms with Gasteiger partial charge in [-0.25, -0.2) is 0 Å². The molecule has 0 aromatic carbocycles. The Kier molecular flexibility index (Phi) is 1.53. The molecule has 1 unspecified atom stereocenters. The molecule has 0 spiro atoms. The SMILES string of the molecule is C=CN1C(=O)COC1C. The highest BCUT2D eigenvalue weighted by atomic mass is 16.5. The summed E-state index contributed by atoms with van der Waals surface area (Å²) >= 11 is 0. The van der Waals surface area contributed by atoms with Crippen molar-refractivity contribution >= 4 is 5.91 Å². The molecular weight excluding hydrogens is 118 g/mol. The van der Waals surface area contributed by atoms with Gasteiger partial charge in [-0.05, 0) is 6.92 Å². The van der Waals surface area contributed by atoms with Crippen molar-refractivity contribution in [3.05, 3.63) is 12.8 Å². The third-order valence-electron chi connectivity index (χ3n) is 1.32. The monoisotopic (exact) mass is 127 g/mol. The van der Waals surface area contributed by atoms with Crippen LogP contribution in [0.25, 0.3) is 0 Å². The lowest BCUT2D eigenvalue weighted by atomic mass is 10.5. The molecule has 0 N–H and O–H groups in total. The van der Waals surface area contributed by atoms with Gasteiger partial charge in [0.15, 0.2) is 0 Å². The molecule has 0 aromatic rings. The lowest BCUT2D eigenvalue weighted by Crippen LogP contribution is -2.25. The summed E-state index contributed by atoms with van der Waals surface area (Å²) in [5.74, 6) is -0.0162. The standard InChI is InChI=1S/C6H9NO2/c1-3-7-5(2)9-4-6(7)8/h3,5H,1,4H2,2H3. The van der Waals surface area contributed by atoms with Gasteiger partial charge < -0.3 is 4.74 Å². The predicted octanol–water partition coefficient (Wildman–Crippen LogP) is 0.335. The van der Waals surface area contributed by atoms with Gasteiger partial charge in [-0.1, -0.05) is 6.58 Å². The van der Waals surface area contributed by atoms with E-state index in [9.17, 15) is 4.79 Å². The van der Waals surface area contributed by atoms with Gasteiger partial charge in [-0.15, -0.1) is 0 Å². The molecule has 1 rings (SSSR count). The van der Waals surface area contributed by atoms with Gasteiger partial charge in [-0.3, -0.25) is 9.69 Å². The quantitative estimate of drug-likeness (QED) is 0.508. The molecule has 0 saturated carbocycles. The maximum absolute atomic E-state index is 10.7. The Morgan fingerprint density at radius 2 is 2.67 bits per heavy atom. The molecule has 1 fully saturated rings. The molecule has 0 aliphatic carbocycles. The Morgan fingerprint density at radius 3 is 2.89 bits per heavy atom. The maximum Gasteiger partial charge on any atom is 0.254 e. The number of ether oxygens (including phenoxy) is 1. The van der Waals surface area contributed by atoms with Crippen LogP contribution in [0.5, 0.6) is 0 Å². The normalized spacial score (nSPS) is 27.0. The fourth-order valence-electron chi connectivity index (χ4n) is 0.800. The summed E-state index contributed by atoms with van der Waals surface area (Å²) in [6.07, 6.45) is 1.36. The van der Waals surface area contributed by atoms with E-state index in [2.05, 4.69) is 6.58 Å². The van der Waals surface area contributed by atoms with Crippen LogP contribution in [0, 0.1) is 0 Å². The van der Waals surface area contributed by atoms with Gasteiger partial charge in [0.2, 0.25) is 0 Å². The number of rotatable bonds is 1. The summed E-state index contributed by atoms with van der Waals surface area (Å²) in [5.41, 5.74) is 0. The van der Waals surface area contributed by atoms with Crippen molar-refractivity contribution in [2.24, 2.45) is 0 Å². The average molecular weight is 127 g/mol. The first kappa shape index (κ1) is 6.29. The molecule has 3 nitrogen and oxygen atoms in total. The smallest absolute Gasteiger partial charge is 0.254 e. The second-order valence-electron chi connectivity index (χ2n) is 1.89. The molecular formula is C6H9NO2. The third-order valence-corrected chi connectivity index (χ3v) is 1.32. The first-order valence-electron chi connectivity index (χ1n) is 2.81. The van der Waals surface area contributed by atoms with Crippen molar-refractivity contribution in [1.82, 2.24) is 4.90 Å². The highest BCUT2D eigenvalue weighted by molar-refractivity contribution is 5.80. The summed E-state index contributed by atoms with van der Waals surface area (Å²) in [7, 11) is 0. The van der Waals surface area contributed by atoms with Crippen LogP contribution in [0.2, 0.25) is 0 Å². The van der Waals surface area contributed by atoms with Crippen LogP contribution >= 0.6 is 0 Å². The molecule has 0 bridgehead atoms. The molecule has 50 valence electrons. The van der Waals surface area contributed by atoms with Gasteiger partial charge >= 0.3 is 0 Å². The van der Waals surface area contributed by atoms with Gasteiger partial charge in [-0.2, -0.15) is 0 Å². The number of amides is 1. The maximum atomic E-state index is 10.7. The van der Waals surface area contributed by atoms with Crippen LogP contribution < -0.4 is 0 Å². The van der Waals surface area contributed by atoms with Gasteiger partial charge in [0, 0.05) is 6.20 Å². The molecule has 9 heavy (non-hydrogen) atoms. The van der Waals surface area contributed by atoms with Crippen molar-refractivity contribution in [3.63, 3.8) is 0 Å². The van der Waals surface area contributed by atoms with Crippen molar-refractivity contribution in [2.75, 3.05) is 6.61 Å². The molecule has 1 atom stereocenters. The fraction of sp³-hybridized carbons (Fsp3) is 0.500. The van der Waals surface area contributed by atoms with E-state index in [1.807, 2.05) is 6.92 Å². The third kappa shape index (κ3) is 0.954. The number of carbonyl (C=O) groups is 1. The molecule has 1 heterocycles. The molecule has 0 aromatic heterocycles. The Morgan fingerprint density at radius 1 is 2.00 bits per heavy atom. The molecule has 1 aliphatic heterocycles. The van der Waals surface area contributed by atoms with E-state index >= 15 is 0 Å². The van der Waals surface area contributed by atoms with Crippen LogP contribution in [-0.2, 0) is 9.53 Å². The minimum Gasteiger partial charge on any atom is -0.348 e. The molecule has 3 heteroatoms. The molecule has 1 saturated heterocycles. The molecule has 1 amide bonds. The number of carbonyl (C=O) groups excluding carboxylic acids is 1. The Labute approximate surface area is 53.9 Å². The zero-order valence-corrected chi connectivity index (χ0v) is 5.33. The van der Waals surface area contributed by atoms with Gasteiger partial charge in [0.1, 0.15) is 12.8 Å². The van der Waals surface area contributed by atoms with Crippen LogP contribution in [-0.4, -0.2) is 23.6 Å². The Bertz CT molecular complexity index is 144. The Hall–Kier alpha value is -0.830. The molecule has 0 radical (unpaired) electrons. The highest BCUT2D eigenvalue weighted by Gasteiger charge is 2.25.